The van der Waals surface area contributed by atoms with Gasteiger partial charge >= 0.3 is 12.5 Å². The predicted octanol–water partition coefficient (Wildman–Crippen LogP) is 6.69. The van der Waals surface area contributed by atoms with Crippen LogP contribution in [0.4, 0.5) is 8.78 Å². The average Bonchev–Trinajstić information content (AvgIpc) is 3.24. The molecule has 10 heteroatoms. The number of nitrogens with one attached hydrogen (secondary N) is 1. The standard InChI is InChI=1S/C27H25F2NO5S2/c1-17-5-3-4-6-25(17)37(32,33)30-26(31)24-15-21(18(2)34-24)16-36-23-13-9-20(10-14-23)19-7-11-22(12-8-19)35-27(28)29/h3-4,6-15,17,27H,5,16H2,1-2H3,(H,30,31). The summed E-state index contributed by atoms with van der Waals surface area (Å²) in [7, 11) is -3.97. The van der Waals surface area contributed by atoms with Gasteiger partial charge in [-0.25, -0.2) is 13.1 Å². The summed E-state index contributed by atoms with van der Waals surface area (Å²) in [6.07, 6.45) is 5.64. The number of hydrogen-bond acceptors (Lipinski definition) is 6. The quantitative estimate of drug-likeness (QED) is 0.302. The average molecular weight is 546 g/mol. The van der Waals surface area contributed by atoms with Gasteiger partial charge in [0, 0.05) is 16.2 Å². The Bertz CT molecular complexity index is 1430. The highest BCUT2D eigenvalue weighted by molar-refractivity contribution is 7.98. The molecule has 1 aromatic heterocycles. The summed E-state index contributed by atoms with van der Waals surface area (Å²) in [5.74, 6) is 0.0605. The van der Waals surface area contributed by atoms with Crippen molar-refractivity contribution >= 4 is 27.7 Å². The minimum atomic E-state index is -3.97. The van der Waals surface area contributed by atoms with Gasteiger partial charge in [0.05, 0.1) is 4.91 Å². The zero-order chi connectivity index (χ0) is 26.6. The third-order valence-corrected chi connectivity index (χ3v) is 8.49. The summed E-state index contributed by atoms with van der Waals surface area (Å²) in [5, 5.41) is 0. The van der Waals surface area contributed by atoms with Crippen molar-refractivity contribution in [2.75, 3.05) is 0 Å². The Hall–Kier alpha value is -3.37. The number of carbonyl (C=O) groups is 1. The normalized spacial score (nSPS) is 15.5. The SMILES string of the molecule is Cc1oc(C(=O)NS(=O)(=O)C2=CC=CCC2C)cc1CSc1ccc(-c2ccc(OC(F)F)cc2)cc1. The predicted molar refractivity (Wildman–Crippen MR) is 139 cm³/mol. The summed E-state index contributed by atoms with van der Waals surface area (Å²) >= 11 is 1.53. The van der Waals surface area contributed by atoms with Crippen molar-refractivity contribution in [2.45, 2.75) is 37.5 Å². The molecule has 1 heterocycles. The second-order valence-corrected chi connectivity index (χ2v) is 11.2. The van der Waals surface area contributed by atoms with E-state index in [2.05, 4.69) is 9.46 Å². The van der Waals surface area contributed by atoms with Crippen molar-refractivity contribution in [1.82, 2.24) is 4.72 Å². The van der Waals surface area contributed by atoms with Crippen LogP contribution < -0.4 is 9.46 Å². The minimum Gasteiger partial charge on any atom is -0.456 e. The maximum Gasteiger partial charge on any atom is 0.387 e. The van der Waals surface area contributed by atoms with E-state index in [-0.39, 0.29) is 22.3 Å². The molecule has 37 heavy (non-hydrogen) atoms. The van der Waals surface area contributed by atoms with Crippen LogP contribution in [0, 0.1) is 12.8 Å². The van der Waals surface area contributed by atoms with Gasteiger partial charge in [0.2, 0.25) is 0 Å². The smallest absolute Gasteiger partial charge is 0.387 e. The number of thioether (sulfide) groups is 1. The number of allylic oxidation sites excluding steroid dienone is 4. The van der Waals surface area contributed by atoms with E-state index in [9.17, 15) is 22.0 Å². The Morgan fingerprint density at radius 1 is 1.14 bits per heavy atom. The molecule has 194 valence electrons. The number of rotatable bonds is 9. The van der Waals surface area contributed by atoms with E-state index in [1.165, 1.54) is 30.0 Å². The Morgan fingerprint density at radius 2 is 1.78 bits per heavy atom. The Morgan fingerprint density at radius 3 is 2.41 bits per heavy atom. The van der Waals surface area contributed by atoms with Crippen LogP contribution in [0.15, 0.2) is 87.0 Å². The van der Waals surface area contributed by atoms with Crippen LogP contribution in [-0.4, -0.2) is 20.9 Å². The first-order valence-electron chi connectivity index (χ1n) is 11.4. The summed E-state index contributed by atoms with van der Waals surface area (Å²) in [5.41, 5.74) is 2.56. The zero-order valence-corrected chi connectivity index (χ0v) is 21.7. The van der Waals surface area contributed by atoms with Crippen LogP contribution in [0.3, 0.4) is 0 Å². The highest BCUT2D eigenvalue weighted by Crippen LogP contribution is 2.30. The number of alkyl halides is 2. The van der Waals surface area contributed by atoms with Gasteiger partial charge in [-0.1, -0.05) is 43.3 Å². The lowest BCUT2D eigenvalue weighted by molar-refractivity contribution is -0.0498. The molecule has 6 nitrogen and oxygen atoms in total. The third kappa shape index (κ3) is 6.69. The monoisotopic (exact) mass is 545 g/mol. The van der Waals surface area contributed by atoms with Crippen molar-refractivity contribution in [1.29, 1.82) is 0 Å². The Labute approximate surface area is 218 Å². The number of halogens is 2. The fraction of sp³-hybridized carbons (Fsp3) is 0.222. The molecule has 1 aliphatic rings. The molecule has 1 N–H and O–H groups in total. The van der Waals surface area contributed by atoms with Gasteiger partial charge < -0.3 is 9.15 Å². The molecule has 0 saturated carbocycles. The molecule has 4 rings (SSSR count). The van der Waals surface area contributed by atoms with Crippen molar-refractivity contribution in [3.8, 4) is 16.9 Å². The molecule has 0 spiro atoms. The van der Waals surface area contributed by atoms with E-state index in [0.717, 1.165) is 21.6 Å². The Kier molecular flexibility index (Phi) is 8.19. The summed E-state index contributed by atoms with van der Waals surface area (Å²) < 4.78 is 62.0. The molecule has 1 amide bonds. The van der Waals surface area contributed by atoms with Crippen LogP contribution in [0.1, 0.15) is 35.2 Å². The molecular formula is C27H25F2NO5S2. The lowest BCUT2D eigenvalue weighted by atomic mass is 10.0. The van der Waals surface area contributed by atoms with E-state index in [1.54, 1.807) is 38.1 Å². The van der Waals surface area contributed by atoms with Crippen LogP contribution in [0.25, 0.3) is 11.1 Å². The van der Waals surface area contributed by atoms with Crippen molar-refractivity contribution < 1.29 is 31.1 Å². The third-order valence-electron chi connectivity index (χ3n) is 5.82. The van der Waals surface area contributed by atoms with Crippen LogP contribution in [0.2, 0.25) is 0 Å². The van der Waals surface area contributed by atoms with Crippen molar-refractivity contribution in [3.05, 3.63) is 94.8 Å². The van der Waals surface area contributed by atoms with Gasteiger partial charge in [0.15, 0.2) is 5.76 Å². The fourth-order valence-corrected chi connectivity index (χ4v) is 6.10. The molecular weight excluding hydrogens is 520 g/mol. The number of furan rings is 1. The Balaban J connectivity index is 1.37. The second kappa shape index (κ2) is 11.4. The van der Waals surface area contributed by atoms with Crippen LogP contribution in [-0.2, 0) is 15.8 Å². The molecule has 0 fully saturated rings. The number of hydrogen-bond donors (Lipinski definition) is 1. The summed E-state index contributed by atoms with van der Waals surface area (Å²) in [6.45, 7) is 0.655. The highest BCUT2D eigenvalue weighted by Gasteiger charge is 2.27. The molecule has 0 aliphatic heterocycles. The largest absolute Gasteiger partial charge is 0.456 e. The first-order valence-corrected chi connectivity index (χ1v) is 13.9. The van der Waals surface area contributed by atoms with E-state index in [0.29, 0.717) is 17.9 Å². The maximum atomic E-state index is 12.7. The number of amides is 1. The molecule has 2 aromatic carbocycles. The van der Waals surface area contributed by atoms with E-state index >= 15 is 0 Å². The number of carbonyl (C=O) groups excluding carboxylic acids is 1. The number of ether oxygens (including phenoxy) is 1. The first kappa shape index (κ1) is 26.7. The van der Waals surface area contributed by atoms with Crippen LogP contribution in [0.5, 0.6) is 5.75 Å². The molecule has 0 radical (unpaired) electrons. The lowest BCUT2D eigenvalue weighted by Crippen LogP contribution is -2.33. The summed E-state index contributed by atoms with van der Waals surface area (Å²) in [6, 6.07) is 15.7. The van der Waals surface area contributed by atoms with E-state index < -0.39 is 22.5 Å². The molecule has 1 aliphatic carbocycles. The van der Waals surface area contributed by atoms with Gasteiger partial charge in [-0.3, -0.25) is 4.79 Å². The van der Waals surface area contributed by atoms with Gasteiger partial charge in [-0.15, -0.1) is 11.8 Å². The number of benzene rings is 2. The van der Waals surface area contributed by atoms with Crippen LogP contribution >= 0.6 is 11.8 Å². The molecule has 1 atom stereocenters. The molecule has 0 bridgehead atoms. The summed E-state index contributed by atoms with van der Waals surface area (Å²) in [4.78, 5) is 13.8. The second-order valence-electron chi connectivity index (χ2n) is 8.48. The molecule has 0 saturated heterocycles. The molecule has 3 aromatic rings. The molecule has 1 unspecified atom stereocenters. The number of sulfonamides is 1. The first-order chi connectivity index (χ1) is 17.6. The maximum absolute atomic E-state index is 12.7. The fourth-order valence-electron chi connectivity index (χ4n) is 3.82. The lowest BCUT2D eigenvalue weighted by Gasteiger charge is -2.17. The topological polar surface area (TPSA) is 85.6 Å². The highest BCUT2D eigenvalue weighted by atomic mass is 32.2. The number of aryl methyl sites for hydroxylation is 1. The van der Waals surface area contributed by atoms with Crippen molar-refractivity contribution in [2.24, 2.45) is 5.92 Å². The van der Waals surface area contributed by atoms with Crippen molar-refractivity contribution in [3.63, 3.8) is 0 Å². The van der Waals surface area contributed by atoms with Gasteiger partial charge in [-0.05, 0) is 66.8 Å². The van der Waals surface area contributed by atoms with Gasteiger partial charge in [0.25, 0.3) is 10.0 Å². The minimum absolute atomic E-state index is 0.0640. The van der Waals surface area contributed by atoms with Gasteiger partial charge in [0.1, 0.15) is 11.5 Å². The van der Waals surface area contributed by atoms with E-state index in [4.69, 9.17) is 4.42 Å². The van der Waals surface area contributed by atoms with E-state index in [1.807, 2.05) is 30.3 Å². The zero-order valence-electron chi connectivity index (χ0n) is 20.1. The van der Waals surface area contributed by atoms with Gasteiger partial charge in [-0.2, -0.15) is 8.78 Å².